The van der Waals surface area contributed by atoms with Gasteiger partial charge in [-0.15, -0.1) is 11.3 Å². The van der Waals surface area contributed by atoms with E-state index in [2.05, 4.69) is 0 Å². The van der Waals surface area contributed by atoms with E-state index in [1.54, 1.807) is 24.3 Å². The Balaban J connectivity index is 2.45. The van der Waals surface area contributed by atoms with Crippen LogP contribution >= 0.6 is 11.3 Å². The van der Waals surface area contributed by atoms with Crippen LogP contribution in [0.2, 0.25) is 0 Å². The maximum absolute atomic E-state index is 13.7. The fourth-order valence-electron chi connectivity index (χ4n) is 1.43. The first kappa shape index (κ1) is 10.8. The zero-order valence-corrected chi connectivity index (χ0v) is 9.22. The van der Waals surface area contributed by atoms with Crippen LogP contribution in [-0.4, -0.2) is 0 Å². The minimum atomic E-state index is -0.297. The first-order valence-electron chi connectivity index (χ1n) is 4.73. The van der Waals surface area contributed by atoms with Crippen molar-refractivity contribution in [2.24, 2.45) is 5.73 Å². The highest BCUT2D eigenvalue weighted by Gasteiger charge is 2.08. The zero-order chi connectivity index (χ0) is 11.5. The number of hydrogen-bond acceptors (Lipinski definition) is 3. The summed E-state index contributed by atoms with van der Waals surface area (Å²) >= 11 is 1.28. The van der Waals surface area contributed by atoms with Crippen molar-refractivity contribution in [3.63, 3.8) is 0 Å². The van der Waals surface area contributed by atoms with Crippen LogP contribution in [0.1, 0.15) is 10.4 Å². The summed E-state index contributed by atoms with van der Waals surface area (Å²) < 4.78 is 13.7. The molecular weight excluding hydrogens is 223 g/mol. The van der Waals surface area contributed by atoms with E-state index in [9.17, 15) is 4.39 Å². The fourth-order valence-corrected chi connectivity index (χ4v) is 2.26. The smallest absolute Gasteiger partial charge is 0.132 e. The molecule has 1 heterocycles. The average Bonchev–Trinajstić information content (AvgIpc) is 2.77. The Morgan fingerprint density at radius 2 is 2.12 bits per heavy atom. The molecule has 0 atom stereocenters. The molecular formula is C12H9FN2S. The van der Waals surface area contributed by atoms with Crippen molar-refractivity contribution in [1.29, 1.82) is 5.26 Å². The molecule has 16 heavy (non-hydrogen) atoms. The maximum Gasteiger partial charge on any atom is 0.132 e. The third kappa shape index (κ3) is 1.96. The monoisotopic (exact) mass is 232 g/mol. The molecule has 0 fully saturated rings. The molecule has 0 radical (unpaired) electrons. The summed E-state index contributed by atoms with van der Waals surface area (Å²) in [4.78, 5) is 1.34. The van der Waals surface area contributed by atoms with Crippen LogP contribution in [0.25, 0.3) is 10.4 Å². The number of halogens is 1. The van der Waals surface area contributed by atoms with Gasteiger partial charge >= 0.3 is 0 Å². The van der Waals surface area contributed by atoms with Crippen LogP contribution < -0.4 is 5.73 Å². The van der Waals surface area contributed by atoms with Crippen LogP contribution in [0.5, 0.6) is 0 Å². The second-order valence-corrected chi connectivity index (χ2v) is 4.38. The molecule has 0 spiro atoms. The molecule has 0 saturated heterocycles. The topological polar surface area (TPSA) is 49.8 Å². The van der Waals surface area contributed by atoms with Gasteiger partial charge in [-0.2, -0.15) is 5.26 Å². The Bertz CT molecular complexity index is 554. The molecule has 1 aromatic heterocycles. The molecule has 1 aromatic carbocycles. The highest BCUT2D eigenvalue weighted by atomic mass is 32.1. The van der Waals surface area contributed by atoms with Gasteiger partial charge in [0.1, 0.15) is 16.8 Å². The van der Waals surface area contributed by atoms with Crippen LogP contribution in [0.15, 0.2) is 30.3 Å². The van der Waals surface area contributed by atoms with Gasteiger partial charge in [-0.3, -0.25) is 0 Å². The molecule has 2 aromatic rings. The van der Waals surface area contributed by atoms with Gasteiger partial charge in [0.2, 0.25) is 0 Å². The van der Waals surface area contributed by atoms with Gasteiger partial charge in [-0.25, -0.2) is 4.39 Å². The van der Waals surface area contributed by atoms with E-state index in [-0.39, 0.29) is 5.82 Å². The second-order valence-electron chi connectivity index (χ2n) is 3.29. The van der Waals surface area contributed by atoms with Gasteiger partial charge in [0.25, 0.3) is 0 Å². The summed E-state index contributed by atoms with van der Waals surface area (Å²) in [7, 11) is 0. The van der Waals surface area contributed by atoms with E-state index < -0.39 is 0 Å². The van der Waals surface area contributed by atoms with E-state index >= 15 is 0 Å². The second kappa shape index (κ2) is 4.44. The van der Waals surface area contributed by atoms with Gasteiger partial charge < -0.3 is 5.73 Å². The Labute approximate surface area is 96.8 Å². The summed E-state index contributed by atoms with van der Waals surface area (Å²) in [5, 5.41) is 8.70. The highest BCUT2D eigenvalue weighted by Crippen LogP contribution is 2.30. The van der Waals surface area contributed by atoms with Crippen LogP contribution in [-0.2, 0) is 6.54 Å². The molecule has 0 saturated carbocycles. The molecule has 0 unspecified atom stereocenters. The largest absolute Gasteiger partial charge is 0.326 e. The lowest BCUT2D eigenvalue weighted by Gasteiger charge is -2.02. The minimum Gasteiger partial charge on any atom is -0.326 e. The van der Waals surface area contributed by atoms with Crippen molar-refractivity contribution in [3.05, 3.63) is 46.6 Å². The van der Waals surface area contributed by atoms with Crippen LogP contribution in [0, 0.1) is 17.1 Å². The van der Waals surface area contributed by atoms with Gasteiger partial charge in [0.15, 0.2) is 0 Å². The normalized spacial score (nSPS) is 10.1. The van der Waals surface area contributed by atoms with Gasteiger partial charge in [0.05, 0.1) is 0 Å². The molecule has 2 nitrogen and oxygen atoms in total. The Morgan fingerprint density at radius 3 is 2.69 bits per heavy atom. The first-order chi connectivity index (χ1) is 7.74. The molecule has 2 rings (SSSR count). The zero-order valence-electron chi connectivity index (χ0n) is 8.40. The summed E-state index contributed by atoms with van der Waals surface area (Å²) in [5.41, 5.74) is 6.71. The minimum absolute atomic E-state index is 0.297. The third-order valence-corrected chi connectivity index (χ3v) is 3.27. The van der Waals surface area contributed by atoms with Gasteiger partial charge in [-0.1, -0.05) is 12.1 Å². The van der Waals surface area contributed by atoms with Gasteiger partial charge in [-0.05, 0) is 23.8 Å². The molecule has 4 heteroatoms. The number of thiophene rings is 1. The quantitative estimate of drug-likeness (QED) is 0.865. The average molecular weight is 232 g/mol. The van der Waals surface area contributed by atoms with Crippen molar-refractivity contribution in [2.75, 3.05) is 0 Å². The number of nitrogens with zero attached hydrogens (tertiary/aromatic N) is 1. The van der Waals surface area contributed by atoms with Crippen molar-refractivity contribution >= 4 is 11.3 Å². The Morgan fingerprint density at radius 1 is 1.31 bits per heavy atom. The molecule has 80 valence electrons. The standard InChI is InChI=1S/C12H9FN2S/c13-11-5-8(6-14)1-3-10(11)12-4-2-9(7-15)16-12/h1-5H,6,14H2. The predicted octanol–water partition coefficient (Wildman–Crippen LogP) is 2.88. The summed E-state index contributed by atoms with van der Waals surface area (Å²) in [5.74, 6) is -0.297. The first-order valence-corrected chi connectivity index (χ1v) is 5.55. The van der Waals surface area contributed by atoms with E-state index in [1.165, 1.54) is 17.4 Å². The van der Waals surface area contributed by atoms with E-state index in [1.807, 2.05) is 6.07 Å². The van der Waals surface area contributed by atoms with Crippen molar-refractivity contribution in [1.82, 2.24) is 0 Å². The number of nitriles is 1. The highest BCUT2D eigenvalue weighted by molar-refractivity contribution is 7.16. The number of nitrogens with two attached hydrogens (primary N) is 1. The lowest BCUT2D eigenvalue weighted by molar-refractivity contribution is 0.629. The van der Waals surface area contributed by atoms with Crippen LogP contribution in [0.3, 0.4) is 0 Å². The third-order valence-electron chi connectivity index (χ3n) is 2.25. The lowest BCUT2D eigenvalue weighted by Crippen LogP contribution is -1.96. The van der Waals surface area contributed by atoms with Crippen LogP contribution in [0.4, 0.5) is 4.39 Å². The number of hydrogen-bond donors (Lipinski definition) is 1. The SMILES string of the molecule is N#Cc1ccc(-c2ccc(CN)cc2F)s1. The van der Waals surface area contributed by atoms with E-state index in [0.717, 1.165) is 10.4 Å². The summed E-state index contributed by atoms with van der Waals surface area (Å²) in [6.45, 7) is 0.324. The summed E-state index contributed by atoms with van der Waals surface area (Å²) in [6.07, 6.45) is 0. The molecule has 0 bridgehead atoms. The molecule has 0 aliphatic heterocycles. The Kier molecular flexibility index (Phi) is 3.00. The van der Waals surface area contributed by atoms with Crippen molar-refractivity contribution < 1.29 is 4.39 Å². The summed E-state index contributed by atoms with van der Waals surface area (Å²) in [6, 6.07) is 10.4. The van der Waals surface area contributed by atoms with Crippen molar-refractivity contribution in [3.8, 4) is 16.5 Å². The Hall–Kier alpha value is -1.70. The molecule has 2 N–H and O–H groups in total. The maximum atomic E-state index is 13.7. The van der Waals surface area contributed by atoms with E-state index in [0.29, 0.717) is 17.0 Å². The predicted molar refractivity (Wildman–Crippen MR) is 62.3 cm³/mol. The van der Waals surface area contributed by atoms with Crippen molar-refractivity contribution in [2.45, 2.75) is 6.54 Å². The molecule has 0 aliphatic rings. The lowest BCUT2D eigenvalue weighted by atomic mass is 10.1. The fraction of sp³-hybridized carbons (Fsp3) is 0.0833. The molecule has 0 amide bonds. The van der Waals surface area contributed by atoms with E-state index in [4.69, 9.17) is 11.0 Å². The van der Waals surface area contributed by atoms with Gasteiger partial charge in [0, 0.05) is 17.0 Å². The number of rotatable bonds is 2. The molecule has 0 aliphatic carbocycles. The number of benzene rings is 1.